The fourth-order valence-corrected chi connectivity index (χ4v) is 2.14. The lowest BCUT2D eigenvalue weighted by molar-refractivity contribution is -0.123. The van der Waals surface area contributed by atoms with Gasteiger partial charge in [0.25, 0.3) is 5.91 Å². The summed E-state index contributed by atoms with van der Waals surface area (Å²) in [6, 6.07) is 3.24. The van der Waals surface area contributed by atoms with E-state index in [4.69, 9.17) is 17.3 Å². The van der Waals surface area contributed by atoms with Gasteiger partial charge in [-0.1, -0.05) is 11.6 Å². The van der Waals surface area contributed by atoms with Crippen molar-refractivity contribution in [2.45, 2.75) is 12.8 Å². The standard InChI is InChI=1S/C12H14ClN3O2/c13-9-1-2-10(15-7-9)12(18)16-5-3-8(4-6-16)11(14)17/h1-2,7-8H,3-6H2,(H2,14,17). The van der Waals surface area contributed by atoms with E-state index in [2.05, 4.69) is 4.98 Å². The highest BCUT2D eigenvalue weighted by Gasteiger charge is 2.26. The molecule has 18 heavy (non-hydrogen) atoms. The molecule has 0 aromatic carbocycles. The molecule has 2 amide bonds. The van der Waals surface area contributed by atoms with Gasteiger partial charge >= 0.3 is 0 Å². The Kier molecular flexibility index (Phi) is 3.81. The molecule has 1 aliphatic rings. The van der Waals surface area contributed by atoms with Crippen LogP contribution in [-0.4, -0.2) is 34.8 Å². The summed E-state index contributed by atoms with van der Waals surface area (Å²) in [6.07, 6.45) is 2.69. The molecular formula is C12H14ClN3O2. The largest absolute Gasteiger partial charge is 0.369 e. The van der Waals surface area contributed by atoms with Crippen molar-refractivity contribution in [2.24, 2.45) is 11.7 Å². The molecule has 5 nitrogen and oxygen atoms in total. The smallest absolute Gasteiger partial charge is 0.272 e. The number of nitrogens with zero attached hydrogens (tertiary/aromatic N) is 2. The first kappa shape index (κ1) is 12.8. The Morgan fingerprint density at radius 1 is 1.33 bits per heavy atom. The third-order valence-corrected chi connectivity index (χ3v) is 3.35. The first-order valence-electron chi connectivity index (χ1n) is 5.78. The Morgan fingerprint density at radius 3 is 2.50 bits per heavy atom. The van der Waals surface area contributed by atoms with Crippen molar-refractivity contribution in [2.75, 3.05) is 13.1 Å². The van der Waals surface area contributed by atoms with Gasteiger partial charge in [0.15, 0.2) is 0 Å². The predicted octanol–water partition coefficient (Wildman–Crippen LogP) is 1.07. The number of likely N-dealkylation sites (tertiary alicyclic amines) is 1. The van der Waals surface area contributed by atoms with E-state index in [1.807, 2.05) is 0 Å². The second-order valence-electron chi connectivity index (χ2n) is 4.33. The number of nitrogens with two attached hydrogens (primary N) is 1. The molecule has 2 heterocycles. The van der Waals surface area contributed by atoms with Gasteiger partial charge in [-0.15, -0.1) is 0 Å². The van der Waals surface area contributed by atoms with Gasteiger partial charge in [0.1, 0.15) is 5.69 Å². The van der Waals surface area contributed by atoms with E-state index in [1.165, 1.54) is 6.20 Å². The van der Waals surface area contributed by atoms with Gasteiger partial charge in [0, 0.05) is 25.2 Å². The second kappa shape index (κ2) is 5.35. The molecule has 0 radical (unpaired) electrons. The molecule has 0 saturated carbocycles. The van der Waals surface area contributed by atoms with Crippen LogP contribution in [0.15, 0.2) is 18.3 Å². The SMILES string of the molecule is NC(=O)C1CCN(C(=O)c2ccc(Cl)cn2)CC1. The summed E-state index contributed by atoms with van der Waals surface area (Å²) in [6.45, 7) is 1.08. The lowest BCUT2D eigenvalue weighted by atomic mass is 9.96. The van der Waals surface area contributed by atoms with Crippen molar-refractivity contribution in [1.29, 1.82) is 0 Å². The second-order valence-corrected chi connectivity index (χ2v) is 4.77. The quantitative estimate of drug-likeness (QED) is 0.871. The number of piperidine rings is 1. The van der Waals surface area contributed by atoms with Crippen LogP contribution in [0.2, 0.25) is 5.02 Å². The van der Waals surface area contributed by atoms with Crippen LogP contribution >= 0.6 is 11.6 Å². The van der Waals surface area contributed by atoms with Crippen molar-refractivity contribution in [3.05, 3.63) is 29.0 Å². The number of hydrogen-bond donors (Lipinski definition) is 1. The van der Waals surface area contributed by atoms with Crippen LogP contribution in [0, 0.1) is 5.92 Å². The Hall–Kier alpha value is -1.62. The molecule has 6 heteroatoms. The molecule has 1 aliphatic heterocycles. The van der Waals surface area contributed by atoms with Crippen LogP contribution < -0.4 is 5.73 Å². The molecular weight excluding hydrogens is 254 g/mol. The number of pyridine rings is 1. The van der Waals surface area contributed by atoms with Crippen LogP contribution in [0.3, 0.4) is 0 Å². The molecule has 0 bridgehead atoms. The normalized spacial score (nSPS) is 16.6. The van der Waals surface area contributed by atoms with Gasteiger partial charge < -0.3 is 10.6 Å². The van der Waals surface area contributed by atoms with Crippen molar-refractivity contribution >= 4 is 23.4 Å². The average molecular weight is 268 g/mol. The van der Waals surface area contributed by atoms with Gasteiger partial charge in [-0.25, -0.2) is 4.98 Å². The molecule has 0 spiro atoms. The minimum Gasteiger partial charge on any atom is -0.369 e. The summed E-state index contributed by atoms with van der Waals surface area (Å²) in [5.74, 6) is -0.534. The molecule has 96 valence electrons. The van der Waals surface area contributed by atoms with Gasteiger partial charge in [-0.3, -0.25) is 9.59 Å². The van der Waals surface area contributed by atoms with E-state index >= 15 is 0 Å². The van der Waals surface area contributed by atoms with Crippen LogP contribution in [0.1, 0.15) is 23.3 Å². The van der Waals surface area contributed by atoms with Crippen molar-refractivity contribution < 1.29 is 9.59 Å². The summed E-state index contributed by atoms with van der Waals surface area (Å²) in [5.41, 5.74) is 5.62. The van der Waals surface area contributed by atoms with Crippen LogP contribution in [0.5, 0.6) is 0 Å². The summed E-state index contributed by atoms with van der Waals surface area (Å²) < 4.78 is 0. The molecule has 0 aliphatic carbocycles. The van der Waals surface area contributed by atoms with Crippen molar-refractivity contribution in [3.8, 4) is 0 Å². The van der Waals surface area contributed by atoms with E-state index in [0.717, 1.165) is 0 Å². The first-order chi connectivity index (χ1) is 8.58. The maximum Gasteiger partial charge on any atom is 0.272 e. The minimum atomic E-state index is -0.285. The van der Waals surface area contributed by atoms with Crippen LogP contribution in [0.4, 0.5) is 0 Å². The lowest BCUT2D eigenvalue weighted by Gasteiger charge is -2.30. The zero-order chi connectivity index (χ0) is 13.1. The molecule has 1 aromatic heterocycles. The van der Waals surface area contributed by atoms with Gasteiger partial charge in [0.2, 0.25) is 5.91 Å². The predicted molar refractivity (Wildman–Crippen MR) is 67.1 cm³/mol. The maximum absolute atomic E-state index is 12.1. The number of carbonyl (C=O) groups excluding carboxylic acids is 2. The Bertz CT molecular complexity index is 453. The number of carbonyl (C=O) groups is 2. The number of hydrogen-bond acceptors (Lipinski definition) is 3. The summed E-state index contributed by atoms with van der Waals surface area (Å²) >= 11 is 5.72. The molecule has 1 aromatic rings. The highest BCUT2D eigenvalue weighted by atomic mass is 35.5. The van der Waals surface area contributed by atoms with Gasteiger partial charge in [-0.2, -0.15) is 0 Å². The third kappa shape index (κ3) is 2.79. The zero-order valence-electron chi connectivity index (χ0n) is 9.80. The molecule has 0 unspecified atom stereocenters. The van der Waals surface area contributed by atoms with Crippen molar-refractivity contribution in [1.82, 2.24) is 9.88 Å². The number of amides is 2. The fourth-order valence-electron chi connectivity index (χ4n) is 2.03. The molecule has 1 fully saturated rings. The summed E-state index contributed by atoms with van der Waals surface area (Å²) in [4.78, 5) is 28.8. The number of aromatic nitrogens is 1. The van der Waals surface area contributed by atoms with Gasteiger partial charge in [0.05, 0.1) is 5.02 Å². The van der Waals surface area contributed by atoms with E-state index in [9.17, 15) is 9.59 Å². The van der Waals surface area contributed by atoms with Gasteiger partial charge in [-0.05, 0) is 25.0 Å². The summed E-state index contributed by atoms with van der Waals surface area (Å²) in [5, 5.41) is 0.499. The lowest BCUT2D eigenvalue weighted by Crippen LogP contribution is -2.41. The van der Waals surface area contributed by atoms with Crippen LogP contribution in [-0.2, 0) is 4.79 Å². The zero-order valence-corrected chi connectivity index (χ0v) is 10.6. The Balaban J connectivity index is 1.99. The molecule has 0 atom stereocenters. The summed E-state index contributed by atoms with van der Waals surface area (Å²) in [7, 11) is 0. The Morgan fingerprint density at radius 2 is 2.00 bits per heavy atom. The average Bonchev–Trinajstić information content (AvgIpc) is 2.39. The maximum atomic E-state index is 12.1. The van der Waals surface area contributed by atoms with E-state index in [0.29, 0.717) is 36.6 Å². The van der Waals surface area contributed by atoms with Crippen LogP contribution in [0.25, 0.3) is 0 Å². The highest BCUT2D eigenvalue weighted by Crippen LogP contribution is 2.18. The fraction of sp³-hybridized carbons (Fsp3) is 0.417. The van der Waals surface area contributed by atoms with E-state index in [1.54, 1.807) is 17.0 Å². The van der Waals surface area contributed by atoms with E-state index < -0.39 is 0 Å². The number of primary amides is 1. The van der Waals surface area contributed by atoms with Crippen molar-refractivity contribution in [3.63, 3.8) is 0 Å². The van der Waals surface area contributed by atoms with E-state index in [-0.39, 0.29) is 17.7 Å². The minimum absolute atomic E-state index is 0.118. The third-order valence-electron chi connectivity index (χ3n) is 3.13. The molecule has 1 saturated heterocycles. The highest BCUT2D eigenvalue weighted by molar-refractivity contribution is 6.30. The topological polar surface area (TPSA) is 76.3 Å². The number of rotatable bonds is 2. The first-order valence-corrected chi connectivity index (χ1v) is 6.16. The monoisotopic (exact) mass is 267 g/mol. The molecule has 2 N–H and O–H groups in total. The number of halogens is 1. The Labute approximate surface area is 110 Å². The molecule has 2 rings (SSSR count).